The molecule has 1 fully saturated rings. The number of rotatable bonds is 0. The number of hydrogen-bond acceptors (Lipinski definition) is 5. The Hall–Kier alpha value is -1.57. The van der Waals surface area contributed by atoms with E-state index >= 15 is 0 Å². The Morgan fingerprint density at radius 2 is 2.00 bits per heavy atom. The van der Waals surface area contributed by atoms with E-state index in [-0.39, 0.29) is 11.9 Å². The maximum atomic E-state index is 11.9. The zero-order valence-electron chi connectivity index (χ0n) is 10.0. The summed E-state index contributed by atoms with van der Waals surface area (Å²) in [5.74, 6) is 0.211. The third-order valence-electron chi connectivity index (χ3n) is 3.00. The molecule has 1 saturated heterocycles. The number of aromatic nitrogens is 2. The van der Waals surface area contributed by atoms with Gasteiger partial charge in [-0.3, -0.25) is 0 Å². The van der Waals surface area contributed by atoms with Gasteiger partial charge in [-0.05, 0) is 26.2 Å². The summed E-state index contributed by atoms with van der Waals surface area (Å²) >= 11 is 0. The van der Waals surface area contributed by atoms with Gasteiger partial charge in [0.25, 0.3) is 0 Å². The zero-order chi connectivity index (χ0) is 12.8. The molecule has 0 radical (unpaired) electrons. The first-order valence-corrected chi connectivity index (χ1v) is 7.31. The largest absolute Gasteiger partial charge is 0.405 e. The third-order valence-corrected chi connectivity index (χ3v) is 4.09. The standard InChI is InChI=1S/C10H14N4O3S/c1-8-7-9-14(11-8)18(15,16)12-10(17-9)13-5-3-2-4-6-13/h7H,2-6H2,1H3. The van der Waals surface area contributed by atoms with Gasteiger partial charge < -0.3 is 9.64 Å². The molecule has 0 atom stereocenters. The van der Waals surface area contributed by atoms with E-state index in [2.05, 4.69) is 9.50 Å². The number of hydrogen-bond donors (Lipinski definition) is 0. The lowest BCUT2D eigenvalue weighted by molar-refractivity contribution is 0.285. The van der Waals surface area contributed by atoms with Crippen LogP contribution in [0, 0.1) is 6.92 Å². The first kappa shape index (κ1) is 11.5. The lowest BCUT2D eigenvalue weighted by Gasteiger charge is -2.29. The summed E-state index contributed by atoms with van der Waals surface area (Å²) in [6.45, 7) is 3.27. The van der Waals surface area contributed by atoms with Crippen molar-refractivity contribution < 1.29 is 13.2 Å². The van der Waals surface area contributed by atoms with Crippen molar-refractivity contribution >= 4 is 16.2 Å². The Labute approximate surface area is 105 Å². The number of ether oxygens (including phenoxy) is 1. The summed E-state index contributed by atoms with van der Waals surface area (Å²) in [5, 5.41) is 3.86. The molecule has 0 N–H and O–H groups in total. The molecule has 8 heteroatoms. The van der Waals surface area contributed by atoms with Gasteiger partial charge in [0.15, 0.2) is 0 Å². The molecular formula is C10H14N4O3S. The van der Waals surface area contributed by atoms with E-state index in [9.17, 15) is 8.42 Å². The van der Waals surface area contributed by atoms with E-state index in [4.69, 9.17) is 4.74 Å². The SMILES string of the molecule is Cc1cc2n(n1)S(=O)(=O)N=C(N1CCCCC1)O2. The number of fused-ring (bicyclic) bond motifs is 1. The molecule has 0 unspecified atom stereocenters. The van der Waals surface area contributed by atoms with Gasteiger partial charge in [0, 0.05) is 19.2 Å². The van der Waals surface area contributed by atoms with Crippen LogP contribution in [-0.4, -0.2) is 41.6 Å². The molecule has 3 heterocycles. The summed E-state index contributed by atoms with van der Waals surface area (Å²) in [5.41, 5.74) is 0.587. The molecule has 1 aromatic rings. The molecule has 2 aliphatic heterocycles. The number of nitrogens with zero attached hydrogens (tertiary/aromatic N) is 4. The molecule has 0 bridgehead atoms. The number of aryl methyl sites for hydroxylation is 1. The van der Waals surface area contributed by atoms with E-state index in [1.165, 1.54) is 0 Å². The second-order valence-corrected chi connectivity index (χ2v) is 5.89. The molecule has 7 nitrogen and oxygen atoms in total. The maximum Gasteiger partial charge on any atom is 0.371 e. The van der Waals surface area contributed by atoms with Crippen LogP contribution < -0.4 is 4.74 Å². The van der Waals surface area contributed by atoms with Crippen molar-refractivity contribution in [2.75, 3.05) is 13.1 Å². The molecule has 2 aliphatic rings. The van der Waals surface area contributed by atoms with Crippen molar-refractivity contribution in [1.82, 2.24) is 14.1 Å². The minimum Gasteiger partial charge on any atom is -0.405 e. The van der Waals surface area contributed by atoms with Gasteiger partial charge in [0.05, 0.1) is 5.69 Å². The van der Waals surface area contributed by atoms with Crippen LogP contribution >= 0.6 is 0 Å². The fraction of sp³-hybridized carbons (Fsp3) is 0.600. The molecule has 0 aliphatic carbocycles. The highest BCUT2D eigenvalue weighted by molar-refractivity contribution is 7.88. The highest BCUT2D eigenvalue weighted by atomic mass is 32.2. The first-order valence-electron chi connectivity index (χ1n) is 5.91. The van der Waals surface area contributed by atoms with Crippen LogP contribution in [0.3, 0.4) is 0 Å². The zero-order valence-corrected chi connectivity index (χ0v) is 10.9. The lowest BCUT2D eigenvalue weighted by atomic mass is 10.1. The summed E-state index contributed by atoms with van der Waals surface area (Å²) in [7, 11) is -3.79. The highest BCUT2D eigenvalue weighted by Gasteiger charge is 2.30. The second kappa shape index (κ2) is 3.98. The van der Waals surface area contributed by atoms with E-state index < -0.39 is 10.2 Å². The topological polar surface area (TPSA) is 76.8 Å². The van der Waals surface area contributed by atoms with Gasteiger partial charge >= 0.3 is 16.2 Å². The van der Waals surface area contributed by atoms with E-state index in [1.54, 1.807) is 13.0 Å². The Balaban J connectivity index is 1.97. The molecule has 98 valence electrons. The van der Waals surface area contributed by atoms with Gasteiger partial charge in [0.2, 0.25) is 5.88 Å². The van der Waals surface area contributed by atoms with E-state index in [1.807, 2.05) is 4.90 Å². The minimum atomic E-state index is -3.79. The highest BCUT2D eigenvalue weighted by Crippen LogP contribution is 2.23. The number of amidine groups is 1. The normalized spacial score (nSPS) is 22.1. The van der Waals surface area contributed by atoms with Gasteiger partial charge in [-0.1, -0.05) is 4.40 Å². The molecule has 0 spiro atoms. The number of likely N-dealkylation sites (tertiary alicyclic amines) is 1. The Kier molecular flexibility index (Phi) is 2.54. The summed E-state index contributed by atoms with van der Waals surface area (Å²) in [6, 6.07) is 1.76. The molecule has 1 aromatic heterocycles. The van der Waals surface area contributed by atoms with Gasteiger partial charge in [-0.25, -0.2) is 0 Å². The van der Waals surface area contributed by atoms with Crippen LogP contribution in [0.4, 0.5) is 0 Å². The van der Waals surface area contributed by atoms with Crippen molar-refractivity contribution in [3.8, 4) is 5.88 Å². The van der Waals surface area contributed by atoms with Crippen LogP contribution in [0.15, 0.2) is 10.5 Å². The minimum absolute atomic E-state index is 0.169. The number of piperidine rings is 1. The predicted molar refractivity (Wildman–Crippen MR) is 64.8 cm³/mol. The summed E-state index contributed by atoms with van der Waals surface area (Å²) in [4.78, 5) is 1.87. The van der Waals surface area contributed by atoms with Crippen LogP contribution in [0.5, 0.6) is 5.88 Å². The van der Waals surface area contributed by atoms with Crippen molar-refractivity contribution in [2.45, 2.75) is 26.2 Å². The Morgan fingerprint density at radius 3 is 2.72 bits per heavy atom. The predicted octanol–water partition coefficient (Wildman–Crippen LogP) is 0.519. The van der Waals surface area contributed by atoms with Crippen LogP contribution in [0.2, 0.25) is 0 Å². The lowest BCUT2D eigenvalue weighted by Crippen LogP contribution is -2.42. The monoisotopic (exact) mass is 270 g/mol. The van der Waals surface area contributed by atoms with E-state index in [0.29, 0.717) is 5.69 Å². The fourth-order valence-corrected chi connectivity index (χ4v) is 3.12. The molecule has 0 amide bonds. The average Bonchev–Trinajstić information content (AvgIpc) is 2.71. The van der Waals surface area contributed by atoms with Crippen molar-refractivity contribution in [3.05, 3.63) is 11.8 Å². The Bertz CT molecular complexity index is 599. The molecule has 18 heavy (non-hydrogen) atoms. The van der Waals surface area contributed by atoms with Crippen LogP contribution in [-0.2, 0) is 10.2 Å². The van der Waals surface area contributed by atoms with Crippen LogP contribution in [0.1, 0.15) is 25.0 Å². The smallest absolute Gasteiger partial charge is 0.371 e. The maximum absolute atomic E-state index is 11.9. The summed E-state index contributed by atoms with van der Waals surface area (Å²) in [6.07, 6.45) is 3.22. The van der Waals surface area contributed by atoms with Crippen molar-refractivity contribution in [1.29, 1.82) is 0 Å². The summed E-state index contributed by atoms with van der Waals surface area (Å²) < 4.78 is 33.9. The third kappa shape index (κ3) is 1.86. The molecule has 3 rings (SSSR count). The van der Waals surface area contributed by atoms with Crippen molar-refractivity contribution in [2.24, 2.45) is 4.40 Å². The quantitative estimate of drug-likeness (QED) is 0.687. The Morgan fingerprint density at radius 1 is 1.28 bits per heavy atom. The first-order chi connectivity index (χ1) is 8.56. The van der Waals surface area contributed by atoms with E-state index in [0.717, 1.165) is 36.4 Å². The average molecular weight is 270 g/mol. The molecular weight excluding hydrogens is 256 g/mol. The molecule has 0 saturated carbocycles. The van der Waals surface area contributed by atoms with Gasteiger partial charge in [-0.15, -0.1) is 4.09 Å². The fourth-order valence-electron chi connectivity index (χ4n) is 2.15. The van der Waals surface area contributed by atoms with Crippen molar-refractivity contribution in [3.63, 3.8) is 0 Å². The van der Waals surface area contributed by atoms with Crippen LogP contribution in [0.25, 0.3) is 0 Å². The molecule has 0 aromatic carbocycles. The van der Waals surface area contributed by atoms with Gasteiger partial charge in [-0.2, -0.15) is 13.5 Å². The second-order valence-electron chi connectivity index (χ2n) is 4.47. The van der Waals surface area contributed by atoms with Gasteiger partial charge in [0.1, 0.15) is 0 Å².